The average Bonchev–Trinajstić information content (AvgIpc) is 2.95. The molecule has 0 aliphatic rings. The van der Waals surface area contributed by atoms with E-state index in [-0.39, 0.29) is 0 Å². The van der Waals surface area contributed by atoms with Gasteiger partial charge in [-0.15, -0.1) is 11.3 Å². The molecular formula is C17H20N2S. The Bertz CT molecular complexity index is 744. The lowest BCUT2D eigenvalue weighted by Gasteiger charge is -2.17. The van der Waals surface area contributed by atoms with Gasteiger partial charge in [0.1, 0.15) is 5.01 Å². The molecular weight excluding hydrogens is 264 g/mol. The summed E-state index contributed by atoms with van der Waals surface area (Å²) in [5.41, 5.74) is 5.19. The monoisotopic (exact) mass is 284 g/mol. The smallest absolute Gasteiger partial charge is 0.125 e. The zero-order valence-electron chi connectivity index (χ0n) is 12.4. The van der Waals surface area contributed by atoms with Crippen LogP contribution in [0.3, 0.4) is 0 Å². The van der Waals surface area contributed by atoms with Crippen molar-refractivity contribution in [3.63, 3.8) is 0 Å². The van der Waals surface area contributed by atoms with Crippen LogP contribution in [-0.4, -0.2) is 9.97 Å². The van der Waals surface area contributed by atoms with E-state index in [0.29, 0.717) is 5.41 Å². The van der Waals surface area contributed by atoms with Crippen LogP contribution in [0.5, 0.6) is 0 Å². The first-order valence-corrected chi connectivity index (χ1v) is 7.83. The Hall–Kier alpha value is -1.61. The highest BCUT2D eigenvalue weighted by Crippen LogP contribution is 2.33. The van der Waals surface area contributed by atoms with Gasteiger partial charge in [-0.2, -0.15) is 0 Å². The van der Waals surface area contributed by atoms with Crippen molar-refractivity contribution in [1.82, 2.24) is 9.97 Å². The van der Waals surface area contributed by atoms with E-state index in [1.165, 1.54) is 22.0 Å². The molecule has 20 heavy (non-hydrogen) atoms. The van der Waals surface area contributed by atoms with Gasteiger partial charge in [-0.1, -0.05) is 32.9 Å². The van der Waals surface area contributed by atoms with Crippen molar-refractivity contribution in [2.45, 2.75) is 34.1 Å². The Labute approximate surface area is 123 Å². The van der Waals surface area contributed by atoms with Crippen LogP contribution in [0.4, 0.5) is 0 Å². The summed E-state index contributed by atoms with van der Waals surface area (Å²) in [5.74, 6) is 0. The van der Waals surface area contributed by atoms with Gasteiger partial charge in [0, 0.05) is 28.2 Å². The molecule has 104 valence electrons. The zero-order valence-corrected chi connectivity index (χ0v) is 13.3. The standard InChI is InChI=1S/C17H20N2S/c1-11-10-20-16(19-11)14-7-5-6-13-12(8-17(2,3)4)9-18-15(13)14/h5-7,9-10,18H,8H2,1-4H3. The second-order valence-corrected chi connectivity index (χ2v) is 7.43. The van der Waals surface area contributed by atoms with Gasteiger partial charge in [-0.05, 0) is 30.4 Å². The minimum atomic E-state index is 0.295. The molecule has 0 aliphatic heterocycles. The van der Waals surface area contributed by atoms with Crippen molar-refractivity contribution in [3.05, 3.63) is 41.0 Å². The Balaban J connectivity index is 2.12. The molecule has 0 fully saturated rings. The molecule has 0 saturated carbocycles. The number of fused-ring (bicyclic) bond motifs is 1. The fourth-order valence-corrected chi connectivity index (χ4v) is 3.41. The lowest BCUT2D eigenvalue weighted by molar-refractivity contribution is 0.412. The Morgan fingerprint density at radius 2 is 2.05 bits per heavy atom. The normalized spacial score (nSPS) is 12.2. The van der Waals surface area contributed by atoms with Gasteiger partial charge >= 0.3 is 0 Å². The largest absolute Gasteiger partial charge is 0.360 e. The van der Waals surface area contributed by atoms with Crippen LogP contribution in [-0.2, 0) is 6.42 Å². The molecule has 0 atom stereocenters. The van der Waals surface area contributed by atoms with Crippen molar-refractivity contribution in [1.29, 1.82) is 0 Å². The van der Waals surface area contributed by atoms with E-state index < -0.39 is 0 Å². The number of para-hydroxylation sites is 1. The van der Waals surface area contributed by atoms with Crippen LogP contribution in [0, 0.1) is 12.3 Å². The Kier molecular flexibility index (Phi) is 3.17. The quantitative estimate of drug-likeness (QED) is 0.689. The van der Waals surface area contributed by atoms with Crippen molar-refractivity contribution < 1.29 is 0 Å². The van der Waals surface area contributed by atoms with E-state index in [1.807, 2.05) is 6.92 Å². The number of benzene rings is 1. The second-order valence-electron chi connectivity index (χ2n) is 6.57. The highest BCUT2D eigenvalue weighted by molar-refractivity contribution is 7.13. The third-order valence-corrected chi connectivity index (χ3v) is 4.36. The maximum absolute atomic E-state index is 4.61. The number of hydrogen-bond donors (Lipinski definition) is 1. The maximum atomic E-state index is 4.61. The molecule has 3 heteroatoms. The molecule has 1 aromatic carbocycles. The lowest BCUT2D eigenvalue weighted by Crippen LogP contribution is -2.08. The number of H-pyrrole nitrogens is 1. The maximum Gasteiger partial charge on any atom is 0.125 e. The number of nitrogens with one attached hydrogen (secondary N) is 1. The molecule has 1 N–H and O–H groups in total. The summed E-state index contributed by atoms with van der Waals surface area (Å²) in [7, 11) is 0. The Morgan fingerprint density at radius 1 is 1.25 bits per heavy atom. The summed E-state index contributed by atoms with van der Waals surface area (Å²) in [5, 5.41) is 4.52. The first-order chi connectivity index (χ1) is 9.44. The number of aryl methyl sites for hydroxylation is 1. The van der Waals surface area contributed by atoms with Crippen molar-refractivity contribution in [3.8, 4) is 10.6 Å². The molecule has 0 saturated heterocycles. The molecule has 0 spiro atoms. The van der Waals surface area contributed by atoms with E-state index in [9.17, 15) is 0 Å². The molecule has 3 rings (SSSR count). The molecule has 0 bridgehead atoms. The predicted octanol–water partition coefficient (Wildman–Crippen LogP) is 5.19. The number of aromatic amines is 1. The van der Waals surface area contributed by atoms with Crippen LogP contribution in [0.15, 0.2) is 29.8 Å². The van der Waals surface area contributed by atoms with E-state index in [1.54, 1.807) is 11.3 Å². The van der Waals surface area contributed by atoms with Gasteiger partial charge in [0.25, 0.3) is 0 Å². The van der Waals surface area contributed by atoms with Gasteiger partial charge in [-0.3, -0.25) is 0 Å². The molecule has 2 aromatic heterocycles. The minimum absolute atomic E-state index is 0.295. The Morgan fingerprint density at radius 3 is 2.70 bits per heavy atom. The van der Waals surface area contributed by atoms with Gasteiger partial charge in [0.15, 0.2) is 0 Å². The molecule has 2 nitrogen and oxygen atoms in total. The van der Waals surface area contributed by atoms with E-state index in [0.717, 1.165) is 17.1 Å². The first-order valence-electron chi connectivity index (χ1n) is 6.95. The summed E-state index contributed by atoms with van der Waals surface area (Å²) < 4.78 is 0. The molecule has 0 amide bonds. The van der Waals surface area contributed by atoms with E-state index in [2.05, 4.69) is 60.5 Å². The molecule has 3 aromatic rings. The highest BCUT2D eigenvalue weighted by atomic mass is 32.1. The second kappa shape index (κ2) is 4.74. The third-order valence-electron chi connectivity index (χ3n) is 3.37. The SMILES string of the molecule is Cc1csc(-c2cccc3c(CC(C)(C)C)c[nH]c23)n1. The highest BCUT2D eigenvalue weighted by Gasteiger charge is 2.16. The van der Waals surface area contributed by atoms with Gasteiger partial charge in [0.2, 0.25) is 0 Å². The first kappa shape index (κ1) is 13.4. The number of nitrogens with zero attached hydrogens (tertiary/aromatic N) is 1. The summed E-state index contributed by atoms with van der Waals surface area (Å²) in [4.78, 5) is 8.07. The number of thiazole rings is 1. The summed E-state index contributed by atoms with van der Waals surface area (Å²) in [6.45, 7) is 8.87. The third kappa shape index (κ3) is 2.50. The summed E-state index contributed by atoms with van der Waals surface area (Å²) in [6, 6.07) is 6.49. The fraction of sp³-hybridized carbons (Fsp3) is 0.353. The topological polar surface area (TPSA) is 28.7 Å². The van der Waals surface area contributed by atoms with Gasteiger partial charge < -0.3 is 4.98 Å². The zero-order chi connectivity index (χ0) is 14.3. The van der Waals surface area contributed by atoms with Crippen LogP contribution in [0.2, 0.25) is 0 Å². The number of hydrogen-bond acceptors (Lipinski definition) is 2. The van der Waals surface area contributed by atoms with E-state index >= 15 is 0 Å². The molecule has 0 aliphatic carbocycles. The van der Waals surface area contributed by atoms with Crippen LogP contribution in [0.25, 0.3) is 21.5 Å². The minimum Gasteiger partial charge on any atom is -0.360 e. The molecule has 0 unspecified atom stereocenters. The van der Waals surface area contributed by atoms with Crippen LogP contribution >= 0.6 is 11.3 Å². The van der Waals surface area contributed by atoms with Crippen LogP contribution in [0.1, 0.15) is 32.0 Å². The van der Waals surface area contributed by atoms with Crippen LogP contribution < -0.4 is 0 Å². The number of aromatic nitrogens is 2. The van der Waals surface area contributed by atoms with Crippen molar-refractivity contribution >= 4 is 22.2 Å². The predicted molar refractivity (Wildman–Crippen MR) is 87.3 cm³/mol. The molecule has 2 heterocycles. The average molecular weight is 284 g/mol. The van der Waals surface area contributed by atoms with Crippen molar-refractivity contribution in [2.24, 2.45) is 5.41 Å². The van der Waals surface area contributed by atoms with E-state index in [4.69, 9.17) is 0 Å². The number of rotatable bonds is 2. The lowest BCUT2D eigenvalue weighted by atomic mass is 9.88. The van der Waals surface area contributed by atoms with Gasteiger partial charge in [0.05, 0.1) is 5.52 Å². The molecule has 0 radical (unpaired) electrons. The van der Waals surface area contributed by atoms with Crippen molar-refractivity contribution in [2.75, 3.05) is 0 Å². The summed E-state index contributed by atoms with van der Waals surface area (Å²) in [6.07, 6.45) is 3.23. The van der Waals surface area contributed by atoms with Gasteiger partial charge in [-0.25, -0.2) is 4.98 Å². The summed E-state index contributed by atoms with van der Waals surface area (Å²) >= 11 is 1.71. The fourth-order valence-electron chi connectivity index (χ4n) is 2.59.